The molecular formula is C24H27F4N5O2. The number of hydrogen-bond donors (Lipinski definition) is 1. The highest BCUT2D eigenvalue weighted by Crippen LogP contribution is 2.31. The number of alkyl halides is 3. The number of piperazine rings is 1. The summed E-state index contributed by atoms with van der Waals surface area (Å²) in [5.74, 6) is 1.15. The summed E-state index contributed by atoms with van der Waals surface area (Å²) in [6, 6.07) is 9.96. The van der Waals surface area contributed by atoms with Crippen molar-refractivity contribution in [1.82, 2.24) is 20.4 Å². The molecule has 11 heteroatoms. The molecule has 1 N–H and O–H groups in total. The Morgan fingerprint density at radius 3 is 2.86 bits per heavy atom. The zero-order chi connectivity index (χ0) is 24.4. The monoisotopic (exact) mass is 493 g/mol. The molecule has 0 aliphatic carbocycles. The van der Waals surface area contributed by atoms with Gasteiger partial charge in [0.1, 0.15) is 5.82 Å². The van der Waals surface area contributed by atoms with Crippen molar-refractivity contribution in [1.29, 1.82) is 0 Å². The third-order valence-electron chi connectivity index (χ3n) is 6.60. The first-order valence-corrected chi connectivity index (χ1v) is 11.7. The molecule has 0 amide bonds. The summed E-state index contributed by atoms with van der Waals surface area (Å²) < 4.78 is 62.0. The first kappa shape index (κ1) is 23.8. The molecule has 2 aliphatic rings. The SMILES string of the molecule is Fc1ccc2onc(N3CCN4C[C@H](COc5cccc(CNCC(F)(F)F)n5)CC[C@H]4C3)c2c1. The van der Waals surface area contributed by atoms with E-state index < -0.39 is 12.7 Å². The van der Waals surface area contributed by atoms with Gasteiger partial charge in [-0.1, -0.05) is 11.2 Å². The summed E-state index contributed by atoms with van der Waals surface area (Å²) in [6.45, 7) is 2.83. The Hall–Kier alpha value is -2.92. The van der Waals surface area contributed by atoms with E-state index in [-0.39, 0.29) is 12.4 Å². The van der Waals surface area contributed by atoms with Crippen LogP contribution in [0.5, 0.6) is 5.88 Å². The second-order valence-electron chi connectivity index (χ2n) is 9.18. The third-order valence-corrected chi connectivity index (χ3v) is 6.60. The minimum atomic E-state index is -4.25. The van der Waals surface area contributed by atoms with Crippen LogP contribution in [0.2, 0.25) is 0 Å². The van der Waals surface area contributed by atoms with Crippen LogP contribution in [-0.2, 0) is 6.54 Å². The van der Waals surface area contributed by atoms with Gasteiger partial charge in [-0.05, 0) is 37.1 Å². The van der Waals surface area contributed by atoms with Gasteiger partial charge in [-0.2, -0.15) is 13.2 Å². The van der Waals surface area contributed by atoms with E-state index in [4.69, 9.17) is 9.26 Å². The average Bonchev–Trinajstić information content (AvgIpc) is 3.25. The Labute approximate surface area is 200 Å². The van der Waals surface area contributed by atoms with Crippen molar-refractivity contribution >= 4 is 16.8 Å². The molecule has 2 aliphatic heterocycles. The summed E-state index contributed by atoms with van der Waals surface area (Å²) in [7, 11) is 0. The lowest BCUT2D eigenvalue weighted by Crippen LogP contribution is -2.57. The molecule has 188 valence electrons. The van der Waals surface area contributed by atoms with Gasteiger partial charge in [0.2, 0.25) is 5.88 Å². The Balaban J connectivity index is 1.12. The van der Waals surface area contributed by atoms with E-state index in [1.807, 2.05) is 0 Å². The first-order chi connectivity index (χ1) is 16.8. The molecule has 0 unspecified atom stereocenters. The topological polar surface area (TPSA) is 66.7 Å². The van der Waals surface area contributed by atoms with Crippen molar-refractivity contribution in [2.24, 2.45) is 5.92 Å². The highest BCUT2D eigenvalue weighted by molar-refractivity contribution is 5.88. The molecule has 7 nitrogen and oxygen atoms in total. The van der Waals surface area contributed by atoms with E-state index in [1.54, 1.807) is 24.3 Å². The Morgan fingerprint density at radius 2 is 2.00 bits per heavy atom. The first-order valence-electron chi connectivity index (χ1n) is 11.7. The number of aromatic nitrogens is 2. The van der Waals surface area contributed by atoms with Crippen molar-refractivity contribution in [3.8, 4) is 5.88 Å². The summed E-state index contributed by atoms with van der Waals surface area (Å²) >= 11 is 0. The number of nitrogens with zero attached hydrogens (tertiary/aromatic N) is 4. The highest BCUT2D eigenvalue weighted by Gasteiger charge is 2.34. The number of ether oxygens (including phenoxy) is 1. The van der Waals surface area contributed by atoms with Crippen LogP contribution < -0.4 is 15.0 Å². The molecule has 2 atom stereocenters. The van der Waals surface area contributed by atoms with Gasteiger partial charge < -0.3 is 19.5 Å². The summed E-state index contributed by atoms with van der Waals surface area (Å²) in [5.41, 5.74) is 1.09. The summed E-state index contributed by atoms with van der Waals surface area (Å²) in [5, 5.41) is 7.24. The van der Waals surface area contributed by atoms with Crippen LogP contribution in [-0.4, -0.2) is 66.6 Å². The molecule has 3 aromatic rings. The molecule has 0 saturated carbocycles. The molecule has 2 saturated heterocycles. The molecule has 0 radical (unpaired) electrons. The number of benzene rings is 1. The lowest BCUT2D eigenvalue weighted by Gasteiger charge is -2.46. The van der Waals surface area contributed by atoms with Gasteiger partial charge in [-0.15, -0.1) is 0 Å². The maximum Gasteiger partial charge on any atom is 0.401 e. The standard InChI is InChI=1S/C24H27F4N5O2/c25-17-5-7-21-20(10-17)23(31-35-21)33-9-8-32-12-16(4-6-19(32)13-33)14-34-22-3-1-2-18(30-22)11-29-15-24(26,27)28/h1-3,5,7,10,16,19,29H,4,6,8-9,11-15H2/t16-,19+/m1/s1. The smallest absolute Gasteiger partial charge is 0.401 e. The molecule has 2 fully saturated rings. The fourth-order valence-electron chi connectivity index (χ4n) is 4.88. The third kappa shape index (κ3) is 5.84. The molecule has 0 spiro atoms. The molecular weight excluding hydrogens is 466 g/mol. The van der Waals surface area contributed by atoms with E-state index >= 15 is 0 Å². The van der Waals surface area contributed by atoms with Crippen LogP contribution in [0, 0.1) is 11.7 Å². The predicted octanol–water partition coefficient (Wildman–Crippen LogP) is 3.99. The lowest BCUT2D eigenvalue weighted by molar-refractivity contribution is -0.125. The van der Waals surface area contributed by atoms with Crippen LogP contribution in [0.4, 0.5) is 23.4 Å². The van der Waals surface area contributed by atoms with E-state index in [2.05, 4.69) is 25.3 Å². The fourth-order valence-corrected chi connectivity index (χ4v) is 4.88. The number of fused-ring (bicyclic) bond motifs is 2. The average molecular weight is 494 g/mol. The molecule has 5 rings (SSSR count). The zero-order valence-electron chi connectivity index (χ0n) is 19.1. The number of pyridine rings is 1. The molecule has 0 bridgehead atoms. The normalized spacial score (nSPS) is 21.3. The van der Waals surface area contributed by atoms with Crippen molar-refractivity contribution < 1.29 is 26.8 Å². The van der Waals surface area contributed by atoms with E-state index in [0.29, 0.717) is 46.9 Å². The molecule has 2 aromatic heterocycles. The van der Waals surface area contributed by atoms with Crippen molar-refractivity contribution in [3.05, 3.63) is 47.9 Å². The summed E-state index contributed by atoms with van der Waals surface area (Å²) in [4.78, 5) is 8.95. The second kappa shape index (κ2) is 9.98. The predicted molar refractivity (Wildman–Crippen MR) is 122 cm³/mol. The number of nitrogens with one attached hydrogen (secondary N) is 1. The van der Waals surface area contributed by atoms with E-state index in [0.717, 1.165) is 39.0 Å². The van der Waals surface area contributed by atoms with Crippen LogP contribution in [0.25, 0.3) is 11.0 Å². The highest BCUT2D eigenvalue weighted by atomic mass is 19.4. The van der Waals surface area contributed by atoms with Crippen molar-refractivity contribution in [2.45, 2.75) is 31.6 Å². The molecule has 1 aromatic carbocycles. The van der Waals surface area contributed by atoms with Crippen molar-refractivity contribution in [2.75, 3.05) is 44.2 Å². The second-order valence-corrected chi connectivity index (χ2v) is 9.18. The van der Waals surface area contributed by atoms with Gasteiger partial charge in [0, 0.05) is 50.7 Å². The van der Waals surface area contributed by atoms with Gasteiger partial charge in [-0.25, -0.2) is 9.37 Å². The van der Waals surface area contributed by atoms with Crippen LogP contribution in [0.15, 0.2) is 40.9 Å². The van der Waals surface area contributed by atoms with Crippen LogP contribution in [0.3, 0.4) is 0 Å². The number of hydrogen-bond acceptors (Lipinski definition) is 7. The van der Waals surface area contributed by atoms with Gasteiger partial charge in [-0.3, -0.25) is 4.90 Å². The summed E-state index contributed by atoms with van der Waals surface area (Å²) in [6.07, 6.45) is -2.25. The minimum Gasteiger partial charge on any atom is -0.477 e. The van der Waals surface area contributed by atoms with Gasteiger partial charge in [0.05, 0.1) is 24.2 Å². The van der Waals surface area contributed by atoms with Crippen LogP contribution >= 0.6 is 0 Å². The Morgan fingerprint density at radius 1 is 1.11 bits per heavy atom. The molecule has 35 heavy (non-hydrogen) atoms. The van der Waals surface area contributed by atoms with Gasteiger partial charge in [0.15, 0.2) is 11.4 Å². The van der Waals surface area contributed by atoms with E-state index in [9.17, 15) is 17.6 Å². The largest absolute Gasteiger partial charge is 0.477 e. The minimum absolute atomic E-state index is 0.0273. The van der Waals surface area contributed by atoms with Crippen LogP contribution in [0.1, 0.15) is 18.5 Å². The lowest BCUT2D eigenvalue weighted by atomic mass is 9.91. The number of anilines is 1. The maximum absolute atomic E-state index is 13.7. The molecule has 4 heterocycles. The number of piperidine rings is 1. The van der Waals surface area contributed by atoms with Gasteiger partial charge >= 0.3 is 6.18 Å². The zero-order valence-corrected chi connectivity index (χ0v) is 19.1. The maximum atomic E-state index is 13.7. The quantitative estimate of drug-likeness (QED) is 0.499. The van der Waals surface area contributed by atoms with E-state index in [1.165, 1.54) is 12.1 Å². The fraction of sp³-hybridized carbons (Fsp3) is 0.500. The Bertz CT molecular complexity index is 1150. The van der Waals surface area contributed by atoms with Crippen molar-refractivity contribution in [3.63, 3.8) is 0 Å². The van der Waals surface area contributed by atoms with Gasteiger partial charge in [0.25, 0.3) is 0 Å². The number of halogens is 4. The Kier molecular flexibility index (Phi) is 6.79. The number of rotatable bonds is 7.